The Morgan fingerprint density at radius 1 is 0.903 bits per heavy atom. The maximum absolute atomic E-state index is 13.4. The molecular formula is C28H24ClNO. The number of carbonyl (C=O) groups is 1. The summed E-state index contributed by atoms with van der Waals surface area (Å²) in [6.07, 6.45) is 1.48. The smallest absolute Gasteiger partial charge is 0.228 e. The lowest BCUT2D eigenvalue weighted by molar-refractivity contribution is -0.119. The van der Waals surface area contributed by atoms with Gasteiger partial charge in [0.05, 0.1) is 6.54 Å². The molecule has 0 aromatic heterocycles. The quantitative estimate of drug-likeness (QED) is 0.340. The van der Waals surface area contributed by atoms with Crippen molar-refractivity contribution in [2.24, 2.45) is 0 Å². The summed E-state index contributed by atoms with van der Waals surface area (Å²) in [5, 5.41) is 3.11. The molecule has 4 aromatic rings. The lowest BCUT2D eigenvalue weighted by Crippen LogP contribution is -2.36. The van der Waals surface area contributed by atoms with Crippen molar-refractivity contribution in [2.45, 2.75) is 32.2 Å². The maximum Gasteiger partial charge on any atom is 0.228 e. The molecule has 31 heavy (non-hydrogen) atoms. The summed E-state index contributed by atoms with van der Waals surface area (Å²) >= 11 is 6.20. The highest BCUT2D eigenvalue weighted by Crippen LogP contribution is 2.44. The first kappa shape index (κ1) is 19.8. The van der Waals surface area contributed by atoms with Gasteiger partial charge in [0.25, 0.3) is 0 Å². The van der Waals surface area contributed by atoms with Crippen LogP contribution < -0.4 is 4.90 Å². The van der Waals surface area contributed by atoms with Crippen molar-refractivity contribution >= 4 is 34.0 Å². The second kappa shape index (κ2) is 8.20. The molecule has 1 atom stereocenters. The normalized spacial score (nSPS) is 15.9. The Kier molecular flexibility index (Phi) is 5.25. The highest BCUT2D eigenvalue weighted by atomic mass is 35.5. The molecule has 154 valence electrons. The fourth-order valence-corrected chi connectivity index (χ4v) is 4.88. The van der Waals surface area contributed by atoms with E-state index >= 15 is 0 Å². The van der Waals surface area contributed by atoms with Crippen LogP contribution in [0, 0.1) is 0 Å². The Hall–Kier alpha value is -3.10. The Balaban J connectivity index is 1.66. The van der Waals surface area contributed by atoms with E-state index in [9.17, 15) is 4.79 Å². The van der Waals surface area contributed by atoms with E-state index < -0.39 is 0 Å². The Labute approximate surface area is 188 Å². The van der Waals surface area contributed by atoms with Crippen molar-refractivity contribution < 1.29 is 4.79 Å². The van der Waals surface area contributed by atoms with Crippen LogP contribution in [0.15, 0.2) is 84.9 Å². The van der Waals surface area contributed by atoms with Crippen LogP contribution >= 0.6 is 11.6 Å². The van der Waals surface area contributed by atoms with Crippen LogP contribution in [0.4, 0.5) is 5.69 Å². The number of amides is 1. The molecule has 0 spiro atoms. The van der Waals surface area contributed by atoms with Gasteiger partial charge in [-0.25, -0.2) is 0 Å². The number of rotatable bonds is 4. The molecule has 5 rings (SSSR count). The molecule has 0 N–H and O–H groups in total. The molecule has 1 heterocycles. The van der Waals surface area contributed by atoms with Gasteiger partial charge in [0.2, 0.25) is 5.91 Å². The van der Waals surface area contributed by atoms with E-state index in [1.54, 1.807) is 0 Å². The molecule has 0 aliphatic carbocycles. The maximum atomic E-state index is 13.4. The first-order valence-electron chi connectivity index (χ1n) is 10.8. The van der Waals surface area contributed by atoms with Crippen molar-refractivity contribution in [1.82, 2.24) is 0 Å². The Bertz CT molecular complexity index is 1260. The van der Waals surface area contributed by atoms with Gasteiger partial charge in [0, 0.05) is 23.0 Å². The largest absolute Gasteiger partial charge is 0.308 e. The van der Waals surface area contributed by atoms with Crippen LogP contribution in [0.2, 0.25) is 5.02 Å². The van der Waals surface area contributed by atoms with Gasteiger partial charge >= 0.3 is 0 Å². The van der Waals surface area contributed by atoms with Crippen molar-refractivity contribution in [3.05, 3.63) is 112 Å². The summed E-state index contributed by atoms with van der Waals surface area (Å²) in [6, 6.07) is 29.2. The van der Waals surface area contributed by atoms with E-state index in [2.05, 4.69) is 67.6 Å². The second-order valence-corrected chi connectivity index (χ2v) is 8.62. The molecule has 0 saturated heterocycles. The summed E-state index contributed by atoms with van der Waals surface area (Å²) < 4.78 is 0. The zero-order chi connectivity index (χ0) is 21.4. The number of carbonyl (C=O) groups excluding carboxylic acids is 1. The number of hydrogen-bond acceptors (Lipinski definition) is 1. The van der Waals surface area contributed by atoms with E-state index in [0.29, 0.717) is 18.0 Å². The lowest BCUT2D eigenvalue weighted by Gasteiger charge is -2.35. The predicted octanol–water partition coefficient (Wildman–Crippen LogP) is 7.12. The van der Waals surface area contributed by atoms with E-state index in [-0.39, 0.29) is 11.8 Å². The predicted molar refractivity (Wildman–Crippen MR) is 129 cm³/mol. The minimum Gasteiger partial charge on any atom is -0.308 e. The average Bonchev–Trinajstić information content (AvgIpc) is 2.80. The van der Waals surface area contributed by atoms with Gasteiger partial charge in [-0.1, -0.05) is 85.3 Å². The first-order valence-corrected chi connectivity index (χ1v) is 11.2. The molecule has 1 amide bonds. The van der Waals surface area contributed by atoms with Crippen molar-refractivity contribution in [1.29, 1.82) is 0 Å². The summed E-state index contributed by atoms with van der Waals surface area (Å²) in [5.74, 6) is 0.197. The minimum absolute atomic E-state index is 0.0510. The molecule has 4 aromatic carbocycles. The van der Waals surface area contributed by atoms with Gasteiger partial charge in [-0.05, 0) is 57.6 Å². The molecule has 0 bridgehead atoms. The molecular weight excluding hydrogens is 402 g/mol. The molecule has 0 fully saturated rings. The third-order valence-electron chi connectivity index (χ3n) is 6.29. The third kappa shape index (κ3) is 3.73. The van der Waals surface area contributed by atoms with Gasteiger partial charge in [-0.3, -0.25) is 4.79 Å². The Morgan fingerprint density at radius 3 is 2.48 bits per heavy atom. The summed E-state index contributed by atoms with van der Waals surface area (Å²) in [5.41, 5.74) is 5.78. The molecule has 1 aliphatic rings. The second-order valence-electron chi connectivity index (χ2n) is 8.18. The SMILES string of the molecule is CCc1ccc(C2CC(=O)N(Cc3cccc(Cl)c3)c3ccc4ccccc4c32)cc1. The molecule has 2 nitrogen and oxygen atoms in total. The topological polar surface area (TPSA) is 20.3 Å². The molecule has 0 radical (unpaired) electrons. The number of fused-ring (bicyclic) bond motifs is 3. The standard InChI is InChI=1S/C28H24ClNO/c1-2-19-10-12-22(13-11-19)25-17-27(31)30(18-20-6-5-8-23(29)16-20)26-15-14-21-7-3-4-9-24(21)28(25)26/h3-16,25H,2,17-18H2,1H3. The van der Waals surface area contributed by atoms with E-state index in [4.69, 9.17) is 11.6 Å². The molecule has 1 unspecified atom stereocenters. The van der Waals surface area contributed by atoms with Crippen molar-refractivity contribution in [2.75, 3.05) is 4.90 Å². The van der Waals surface area contributed by atoms with E-state index in [1.165, 1.54) is 27.5 Å². The number of nitrogens with zero attached hydrogens (tertiary/aromatic N) is 1. The molecule has 1 aliphatic heterocycles. The van der Waals surface area contributed by atoms with Crippen LogP contribution in [-0.4, -0.2) is 5.91 Å². The zero-order valence-corrected chi connectivity index (χ0v) is 18.3. The zero-order valence-electron chi connectivity index (χ0n) is 17.5. The highest BCUT2D eigenvalue weighted by Gasteiger charge is 2.33. The average molecular weight is 426 g/mol. The highest BCUT2D eigenvalue weighted by molar-refractivity contribution is 6.30. The van der Waals surface area contributed by atoms with E-state index in [1.807, 2.05) is 29.2 Å². The van der Waals surface area contributed by atoms with Gasteiger partial charge in [0.15, 0.2) is 0 Å². The summed E-state index contributed by atoms with van der Waals surface area (Å²) in [4.78, 5) is 15.3. The van der Waals surface area contributed by atoms with Crippen LogP contribution in [0.25, 0.3) is 10.8 Å². The van der Waals surface area contributed by atoms with Gasteiger partial charge in [-0.2, -0.15) is 0 Å². The number of halogens is 1. The van der Waals surface area contributed by atoms with Crippen LogP contribution in [0.1, 0.15) is 41.5 Å². The third-order valence-corrected chi connectivity index (χ3v) is 6.52. The van der Waals surface area contributed by atoms with Crippen LogP contribution in [0.5, 0.6) is 0 Å². The van der Waals surface area contributed by atoms with E-state index in [0.717, 1.165) is 17.7 Å². The lowest BCUT2D eigenvalue weighted by atomic mass is 9.81. The van der Waals surface area contributed by atoms with Gasteiger partial charge in [-0.15, -0.1) is 0 Å². The fraction of sp³-hybridized carbons (Fsp3) is 0.179. The summed E-state index contributed by atoms with van der Waals surface area (Å²) in [7, 11) is 0. The minimum atomic E-state index is 0.0510. The Morgan fingerprint density at radius 2 is 1.71 bits per heavy atom. The first-order chi connectivity index (χ1) is 15.1. The van der Waals surface area contributed by atoms with Crippen molar-refractivity contribution in [3.63, 3.8) is 0 Å². The summed E-state index contributed by atoms with van der Waals surface area (Å²) in [6.45, 7) is 2.68. The number of hydrogen-bond donors (Lipinski definition) is 0. The number of benzene rings is 4. The van der Waals surface area contributed by atoms with Gasteiger partial charge in [0.1, 0.15) is 0 Å². The molecule has 0 saturated carbocycles. The fourth-order valence-electron chi connectivity index (χ4n) is 4.67. The number of anilines is 1. The number of aryl methyl sites for hydroxylation is 1. The van der Waals surface area contributed by atoms with Crippen LogP contribution in [0.3, 0.4) is 0 Å². The molecule has 3 heteroatoms. The van der Waals surface area contributed by atoms with Gasteiger partial charge < -0.3 is 4.90 Å². The van der Waals surface area contributed by atoms with Crippen LogP contribution in [-0.2, 0) is 17.8 Å². The monoisotopic (exact) mass is 425 g/mol. The van der Waals surface area contributed by atoms with Crippen molar-refractivity contribution in [3.8, 4) is 0 Å².